The highest BCUT2D eigenvalue weighted by atomic mass is 35.5. The molecule has 0 aliphatic rings. The lowest BCUT2D eigenvalue weighted by molar-refractivity contribution is 0.498. The van der Waals surface area contributed by atoms with E-state index in [1.807, 2.05) is 12.1 Å². The van der Waals surface area contributed by atoms with Gasteiger partial charge in [-0.2, -0.15) is 0 Å². The maximum atomic E-state index is 6.06. The molecule has 2 rings (SSSR count). The van der Waals surface area contributed by atoms with Gasteiger partial charge in [0.15, 0.2) is 0 Å². The van der Waals surface area contributed by atoms with Crippen LogP contribution >= 0.6 is 23.2 Å². The van der Waals surface area contributed by atoms with Crippen molar-refractivity contribution in [1.29, 1.82) is 0 Å². The average molecular weight is 322 g/mol. The van der Waals surface area contributed by atoms with Gasteiger partial charge in [0.1, 0.15) is 0 Å². The summed E-state index contributed by atoms with van der Waals surface area (Å²) in [6, 6.07) is 16.9. The average Bonchev–Trinajstić information content (AvgIpc) is 2.51. The highest BCUT2D eigenvalue weighted by Crippen LogP contribution is 2.24. The highest BCUT2D eigenvalue weighted by molar-refractivity contribution is 6.42. The van der Waals surface area contributed by atoms with E-state index in [0.717, 1.165) is 25.8 Å². The Morgan fingerprint density at radius 2 is 1.76 bits per heavy atom. The van der Waals surface area contributed by atoms with Crippen LogP contribution in [0.1, 0.15) is 36.9 Å². The van der Waals surface area contributed by atoms with E-state index in [9.17, 15) is 0 Å². The van der Waals surface area contributed by atoms with Crippen molar-refractivity contribution < 1.29 is 0 Å². The van der Waals surface area contributed by atoms with Crippen LogP contribution in [-0.2, 0) is 6.42 Å². The van der Waals surface area contributed by atoms with Crippen molar-refractivity contribution in [1.82, 2.24) is 5.32 Å². The Morgan fingerprint density at radius 3 is 2.43 bits per heavy atom. The minimum Gasteiger partial charge on any atom is -0.310 e. The van der Waals surface area contributed by atoms with Crippen LogP contribution in [0.5, 0.6) is 0 Å². The molecular weight excluding hydrogens is 301 g/mol. The molecule has 0 aliphatic carbocycles. The zero-order valence-corrected chi connectivity index (χ0v) is 13.8. The quantitative estimate of drug-likeness (QED) is 0.693. The lowest BCUT2D eigenvalue weighted by atomic mass is 9.99. The van der Waals surface area contributed by atoms with Gasteiger partial charge in [-0.3, -0.25) is 0 Å². The maximum Gasteiger partial charge on any atom is 0.0595 e. The molecule has 1 unspecified atom stereocenters. The van der Waals surface area contributed by atoms with Crippen LogP contribution in [0.2, 0.25) is 10.0 Å². The molecule has 0 heterocycles. The van der Waals surface area contributed by atoms with E-state index in [2.05, 4.69) is 48.6 Å². The van der Waals surface area contributed by atoms with Gasteiger partial charge in [-0.25, -0.2) is 0 Å². The predicted molar refractivity (Wildman–Crippen MR) is 92.3 cm³/mol. The van der Waals surface area contributed by atoms with Gasteiger partial charge in [0.05, 0.1) is 10.0 Å². The summed E-state index contributed by atoms with van der Waals surface area (Å²) in [5.74, 6) is 0. The molecule has 0 radical (unpaired) electrons. The van der Waals surface area contributed by atoms with Crippen molar-refractivity contribution in [2.45, 2.75) is 32.2 Å². The number of benzene rings is 2. The zero-order chi connectivity index (χ0) is 15.1. The molecule has 0 aliphatic heterocycles. The molecule has 1 nitrogen and oxygen atoms in total. The molecule has 2 aromatic carbocycles. The van der Waals surface area contributed by atoms with Crippen molar-refractivity contribution >= 4 is 23.2 Å². The molecule has 1 atom stereocenters. The van der Waals surface area contributed by atoms with Crippen molar-refractivity contribution in [3.63, 3.8) is 0 Å². The van der Waals surface area contributed by atoms with E-state index in [1.165, 1.54) is 11.1 Å². The van der Waals surface area contributed by atoms with E-state index < -0.39 is 0 Å². The summed E-state index contributed by atoms with van der Waals surface area (Å²) in [6.07, 6.45) is 3.24. The second-order valence-corrected chi connectivity index (χ2v) is 5.98. The maximum absolute atomic E-state index is 6.06. The third kappa shape index (κ3) is 5.03. The lowest BCUT2D eigenvalue weighted by Crippen LogP contribution is -2.20. The molecule has 0 aromatic heterocycles. The Bertz CT molecular complexity index is 554. The smallest absolute Gasteiger partial charge is 0.0595 e. The SMILES string of the molecule is CCNC(CCCc1ccc(Cl)c(Cl)c1)c1ccccc1. The van der Waals surface area contributed by atoms with Gasteiger partial charge < -0.3 is 5.32 Å². The third-order valence-corrected chi connectivity index (χ3v) is 4.33. The number of halogens is 2. The van der Waals surface area contributed by atoms with Crippen molar-refractivity contribution in [2.24, 2.45) is 0 Å². The van der Waals surface area contributed by atoms with E-state index in [1.54, 1.807) is 0 Å². The Labute approximate surface area is 137 Å². The minimum atomic E-state index is 0.416. The fraction of sp³-hybridized carbons (Fsp3) is 0.333. The van der Waals surface area contributed by atoms with Crippen molar-refractivity contribution in [2.75, 3.05) is 6.54 Å². The summed E-state index contributed by atoms with van der Waals surface area (Å²) in [5, 5.41) is 4.82. The first kappa shape index (κ1) is 16.4. The molecule has 0 spiro atoms. The zero-order valence-electron chi connectivity index (χ0n) is 12.3. The second kappa shape index (κ2) is 8.43. The van der Waals surface area contributed by atoms with E-state index in [4.69, 9.17) is 23.2 Å². The van der Waals surface area contributed by atoms with Crippen molar-refractivity contribution in [3.8, 4) is 0 Å². The fourth-order valence-corrected chi connectivity index (χ4v) is 2.84. The standard InChI is InChI=1S/C18H21Cl2N/c1-2-21-18(15-8-4-3-5-9-15)10-6-7-14-11-12-16(19)17(20)13-14/h3-5,8-9,11-13,18,21H,2,6-7,10H2,1H3. The molecule has 0 saturated carbocycles. The minimum absolute atomic E-state index is 0.416. The molecule has 3 heteroatoms. The largest absolute Gasteiger partial charge is 0.310 e. The van der Waals surface area contributed by atoms with Crippen LogP contribution < -0.4 is 5.32 Å². The number of nitrogens with one attached hydrogen (secondary N) is 1. The predicted octanol–water partition coefficient (Wildman–Crippen LogP) is 5.67. The third-order valence-electron chi connectivity index (χ3n) is 3.59. The Hall–Kier alpha value is -1.02. The normalized spacial score (nSPS) is 12.3. The van der Waals surface area contributed by atoms with Gasteiger partial charge in [-0.15, -0.1) is 0 Å². The Morgan fingerprint density at radius 1 is 1.00 bits per heavy atom. The van der Waals surface area contributed by atoms with Crippen LogP contribution in [0.15, 0.2) is 48.5 Å². The van der Waals surface area contributed by atoms with Crippen LogP contribution in [0.4, 0.5) is 0 Å². The first-order chi connectivity index (χ1) is 10.2. The molecule has 1 N–H and O–H groups in total. The monoisotopic (exact) mass is 321 g/mol. The van der Waals surface area contributed by atoms with E-state index in [0.29, 0.717) is 16.1 Å². The first-order valence-corrected chi connectivity index (χ1v) is 8.18. The molecule has 0 bridgehead atoms. The Kier molecular flexibility index (Phi) is 6.56. The Balaban J connectivity index is 1.91. The second-order valence-electron chi connectivity index (χ2n) is 5.16. The molecule has 112 valence electrons. The molecule has 0 saturated heterocycles. The van der Waals surface area contributed by atoms with Crippen LogP contribution in [-0.4, -0.2) is 6.54 Å². The first-order valence-electron chi connectivity index (χ1n) is 7.43. The topological polar surface area (TPSA) is 12.0 Å². The molecule has 0 amide bonds. The number of hydrogen-bond acceptors (Lipinski definition) is 1. The lowest BCUT2D eigenvalue weighted by Gasteiger charge is -2.18. The summed E-state index contributed by atoms with van der Waals surface area (Å²) >= 11 is 12.0. The van der Waals surface area contributed by atoms with Crippen LogP contribution in [0, 0.1) is 0 Å². The molecule has 2 aromatic rings. The fourth-order valence-electron chi connectivity index (χ4n) is 2.52. The van der Waals surface area contributed by atoms with Crippen LogP contribution in [0.25, 0.3) is 0 Å². The van der Waals surface area contributed by atoms with Crippen LogP contribution in [0.3, 0.4) is 0 Å². The van der Waals surface area contributed by atoms with Gasteiger partial charge in [0.25, 0.3) is 0 Å². The molecular formula is C18H21Cl2N. The number of hydrogen-bond donors (Lipinski definition) is 1. The van der Waals surface area contributed by atoms with Gasteiger partial charge in [0.2, 0.25) is 0 Å². The van der Waals surface area contributed by atoms with Gasteiger partial charge in [-0.05, 0) is 49.1 Å². The number of rotatable bonds is 7. The van der Waals surface area contributed by atoms with E-state index in [-0.39, 0.29) is 0 Å². The highest BCUT2D eigenvalue weighted by Gasteiger charge is 2.09. The summed E-state index contributed by atoms with van der Waals surface area (Å²) in [4.78, 5) is 0. The number of aryl methyl sites for hydroxylation is 1. The summed E-state index contributed by atoms with van der Waals surface area (Å²) < 4.78 is 0. The summed E-state index contributed by atoms with van der Waals surface area (Å²) in [7, 11) is 0. The van der Waals surface area contributed by atoms with Gasteiger partial charge in [0, 0.05) is 6.04 Å². The molecule has 0 fully saturated rings. The summed E-state index contributed by atoms with van der Waals surface area (Å²) in [6.45, 7) is 3.13. The van der Waals surface area contributed by atoms with Gasteiger partial charge in [-0.1, -0.05) is 66.5 Å². The van der Waals surface area contributed by atoms with Gasteiger partial charge >= 0.3 is 0 Å². The van der Waals surface area contributed by atoms with E-state index >= 15 is 0 Å². The molecule has 21 heavy (non-hydrogen) atoms. The van der Waals surface area contributed by atoms with Crippen molar-refractivity contribution in [3.05, 3.63) is 69.7 Å². The summed E-state index contributed by atoms with van der Waals surface area (Å²) in [5.41, 5.74) is 2.60.